The van der Waals surface area contributed by atoms with E-state index in [1.165, 1.54) is 6.20 Å². The predicted octanol–water partition coefficient (Wildman–Crippen LogP) is 3.01. The summed E-state index contributed by atoms with van der Waals surface area (Å²) in [7, 11) is 0. The molecule has 0 bridgehead atoms. The van der Waals surface area contributed by atoms with Crippen molar-refractivity contribution in [2.24, 2.45) is 0 Å². The third-order valence-electron chi connectivity index (χ3n) is 2.19. The highest BCUT2D eigenvalue weighted by Crippen LogP contribution is 2.14. The summed E-state index contributed by atoms with van der Waals surface area (Å²) >= 11 is 8.83. The Morgan fingerprint density at radius 2 is 2.11 bits per heavy atom. The molecule has 2 N–H and O–H groups in total. The molecule has 1 aromatic rings. The Kier molecular flexibility index (Phi) is 7.01. The topological polar surface area (TPSA) is 64.9 Å². The molecular formula is C13H13BrClN3O. The summed E-state index contributed by atoms with van der Waals surface area (Å²) in [6.07, 6.45) is 2.06. The molecule has 0 aliphatic carbocycles. The van der Waals surface area contributed by atoms with Crippen molar-refractivity contribution in [2.75, 3.05) is 17.7 Å². The van der Waals surface area contributed by atoms with Crippen molar-refractivity contribution in [1.82, 2.24) is 5.32 Å². The summed E-state index contributed by atoms with van der Waals surface area (Å²) in [6, 6.07) is 9.25. The molecule has 0 radical (unpaired) electrons. The van der Waals surface area contributed by atoms with Gasteiger partial charge >= 0.3 is 0 Å². The van der Waals surface area contributed by atoms with E-state index in [-0.39, 0.29) is 5.57 Å². The first-order valence-corrected chi connectivity index (χ1v) is 6.96. The quantitative estimate of drug-likeness (QED) is 0.361. The van der Waals surface area contributed by atoms with Gasteiger partial charge in [-0.3, -0.25) is 4.79 Å². The maximum Gasteiger partial charge on any atom is 0.263 e. The Balaban J connectivity index is 2.59. The average Bonchev–Trinajstić information content (AvgIpc) is 2.42. The van der Waals surface area contributed by atoms with Crippen molar-refractivity contribution < 1.29 is 4.79 Å². The SMILES string of the molecule is N#C/C(=C/Nc1ccc(Br)cc1)C(=O)NCCCCl. The molecule has 0 spiro atoms. The monoisotopic (exact) mass is 341 g/mol. The number of hydrogen-bond acceptors (Lipinski definition) is 3. The number of nitrogens with zero attached hydrogens (tertiary/aromatic N) is 1. The van der Waals surface area contributed by atoms with E-state index < -0.39 is 5.91 Å². The van der Waals surface area contributed by atoms with E-state index in [0.29, 0.717) is 18.8 Å². The molecule has 0 aromatic heterocycles. The number of carbonyl (C=O) groups excluding carboxylic acids is 1. The maximum absolute atomic E-state index is 11.6. The number of rotatable bonds is 6. The highest BCUT2D eigenvalue weighted by molar-refractivity contribution is 9.10. The van der Waals surface area contributed by atoms with Crippen LogP contribution in [0.15, 0.2) is 40.5 Å². The van der Waals surface area contributed by atoms with Crippen molar-refractivity contribution in [3.05, 3.63) is 40.5 Å². The van der Waals surface area contributed by atoms with Gasteiger partial charge in [-0.05, 0) is 30.7 Å². The fourth-order valence-electron chi connectivity index (χ4n) is 1.21. The molecule has 0 aliphatic rings. The normalized spacial score (nSPS) is 10.7. The zero-order chi connectivity index (χ0) is 14.1. The Bertz CT molecular complexity index is 494. The molecule has 1 aromatic carbocycles. The smallest absolute Gasteiger partial charge is 0.263 e. The molecule has 19 heavy (non-hydrogen) atoms. The summed E-state index contributed by atoms with van der Waals surface area (Å²) in [5, 5.41) is 14.4. The molecule has 0 heterocycles. The standard InChI is InChI=1S/C13H13BrClN3O/c14-11-2-4-12(5-3-11)18-9-10(8-16)13(19)17-7-1-6-15/h2-5,9,18H,1,6-7H2,(H,17,19)/b10-9-. The molecule has 0 fully saturated rings. The van der Waals surface area contributed by atoms with Gasteiger partial charge in [0.2, 0.25) is 0 Å². The fraction of sp³-hybridized carbons (Fsp3) is 0.231. The van der Waals surface area contributed by atoms with Gasteiger partial charge in [-0.25, -0.2) is 0 Å². The van der Waals surface area contributed by atoms with Crippen molar-refractivity contribution in [1.29, 1.82) is 5.26 Å². The number of anilines is 1. The zero-order valence-electron chi connectivity index (χ0n) is 10.1. The van der Waals surface area contributed by atoms with Gasteiger partial charge in [0.1, 0.15) is 11.6 Å². The summed E-state index contributed by atoms with van der Waals surface area (Å²) in [4.78, 5) is 11.6. The second-order valence-corrected chi connectivity index (χ2v) is 4.91. The molecule has 0 saturated heterocycles. The van der Waals surface area contributed by atoms with Crippen LogP contribution >= 0.6 is 27.5 Å². The summed E-state index contributed by atoms with van der Waals surface area (Å²) in [6.45, 7) is 0.458. The Labute approximate surface area is 125 Å². The van der Waals surface area contributed by atoms with Crippen LogP contribution in [0.4, 0.5) is 5.69 Å². The minimum absolute atomic E-state index is 0.0255. The van der Waals surface area contributed by atoms with E-state index in [4.69, 9.17) is 16.9 Å². The molecule has 1 amide bonds. The lowest BCUT2D eigenvalue weighted by Crippen LogP contribution is -2.26. The van der Waals surface area contributed by atoms with E-state index in [2.05, 4.69) is 26.6 Å². The molecule has 0 aliphatic heterocycles. The Hall–Kier alpha value is -1.51. The molecule has 4 nitrogen and oxygen atoms in total. The minimum Gasteiger partial charge on any atom is -0.360 e. The minimum atomic E-state index is -0.405. The second-order valence-electron chi connectivity index (χ2n) is 3.62. The molecule has 0 saturated carbocycles. The molecule has 1 rings (SSSR count). The van der Waals surface area contributed by atoms with Gasteiger partial charge in [-0.15, -0.1) is 11.6 Å². The zero-order valence-corrected chi connectivity index (χ0v) is 12.5. The van der Waals surface area contributed by atoms with Crippen molar-refractivity contribution in [3.63, 3.8) is 0 Å². The average molecular weight is 343 g/mol. The van der Waals surface area contributed by atoms with E-state index >= 15 is 0 Å². The van der Waals surface area contributed by atoms with E-state index in [0.717, 1.165) is 10.2 Å². The highest BCUT2D eigenvalue weighted by atomic mass is 79.9. The number of halogens is 2. The highest BCUT2D eigenvalue weighted by Gasteiger charge is 2.07. The molecule has 0 atom stereocenters. The first kappa shape index (κ1) is 15.5. The van der Waals surface area contributed by atoms with E-state index in [1.54, 1.807) is 0 Å². The van der Waals surface area contributed by atoms with Crippen LogP contribution < -0.4 is 10.6 Å². The van der Waals surface area contributed by atoms with Gasteiger partial charge in [-0.2, -0.15) is 5.26 Å². The number of benzene rings is 1. The lowest BCUT2D eigenvalue weighted by Gasteiger charge is -2.04. The van der Waals surface area contributed by atoms with Crippen molar-refractivity contribution in [2.45, 2.75) is 6.42 Å². The number of amides is 1. The van der Waals surface area contributed by atoms with Crippen LogP contribution in [0.25, 0.3) is 0 Å². The van der Waals surface area contributed by atoms with E-state index in [9.17, 15) is 4.79 Å². The van der Waals surface area contributed by atoms with Crippen molar-refractivity contribution >= 4 is 39.1 Å². The van der Waals surface area contributed by atoms with E-state index in [1.807, 2.05) is 30.3 Å². The van der Waals surface area contributed by atoms with Crippen LogP contribution in [0.2, 0.25) is 0 Å². The van der Waals surface area contributed by atoms with Gasteiger partial charge in [0, 0.05) is 28.8 Å². The van der Waals surface area contributed by atoms with Crippen LogP contribution in [0.3, 0.4) is 0 Å². The van der Waals surface area contributed by atoms with Gasteiger partial charge in [0.15, 0.2) is 0 Å². The van der Waals surface area contributed by atoms with Crippen LogP contribution in [-0.4, -0.2) is 18.3 Å². The predicted molar refractivity (Wildman–Crippen MR) is 79.8 cm³/mol. The number of nitrogens with one attached hydrogen (secondary N) is 2. The first-order valence-electron chi connectivity index (χ1n) is 5.64. The summed E-state index contributed by atoms with van der Waals surface area (Å²) in [5.74, 6) is 0.0699. The molecular weight excluding hydrogens is 330 g/mol. The number of alkyl halides is 1. The fourth-order valence-corrected chi connectivity index (χ4v) is 1.61. The second kappa shape index (κ2) is 8.57. The van der Waals surface area contributed by atoms with Gasteiger partial charge < -0.3 is 10.6 Å². The lowest BCUT2D eigenvalue weighted by molar-refractivity contribution is -0.117. The van der Waals surface area contributed by atoms with Gasteiger partial charge in [0.05, 0.1) is 0 Å². The third-order valence-corrected chi connectivity index (χ3v) is 2.98. The van der Waals surface area contributed by atoms with Crippen molar-refractivity contribution in [3.8, 4) is 6.07 Å². The molecule has 6 heteroatoms. The number of hydrogen-bond donors (Lipinski definition) is 2. The number of carbonyl (C=O) groups is 1. The third kappa shape index (κ3) is 5.77. The van der Waals surface area contributed by atoms with Gasteiger partial charge in [0.25, 0.3) is 5.91 Å². The molecule has 100 valence electrons. The van der Waals surface area contributed by atoms with Crippen LogP contribution in [0.5, 0.6) is 0 Å². The summed E-state index contributed by atoms with van der Waals surface area (Å²) < 4.78 is 0.960. The number of nitriles is 1. The van der Waals surface area contributed by atoms with Crippen LogP contribution in [-0.2, 0) is 4.79 Å². The lowest BCUT2D eigenvalue weighted by atomic mass is 10.2. The Morgan fingerprint density at radius 3 is 2.68 bits per heavy atom. The maximum atomic E-state index is 11.6. The molecule has 0 unspecified atom stereocenters. The van der Waals surface area contributed by atoms with Crippen LogP contribution in [0, 0.1) is 11.3 Å². The largest absolute Gasteiger partial charge is 0.360 e. The summed E-state index contributed by atoms with van der Waals surface area (Å²) in [5.41, 5.74) is 0.821. The first-order chi connectivity index (χ1) is 9.17. The Morgan fingerprint density at radius 1 is 1.42 bits per heavy atom. The van der Waals surface area contributed by atoms with Crippen LogP contribution in [0.1, 0.15) is 6.42 Å². The van der Waals surface area contributed by atoms with Gasteiger partial charge in [-0.1, -0.05) is 15.9 Å².